The zero-order chi connectivity index (χ0) is 20.4. The highest BCUT2D eigenvalue weighted by Crippen LogP contribution is 2.27. The van der Waals surface area contributed by atoms with Crippen LogP contribution in [0.3, 0.4) is 0 Å². The fourth-order valence-electron chi connectivity index (χ4n) is 3.29. The summed E-state index contributed by atoms with van der Waals surface area (Å²) in [5.41, 5.74) is 1.17. The van der Waals surface area contributed by atoms with Gasteiger partial charge in [0.1, 0.15) is 0 Å². The van der Waals surface area contributed by atoms with E-state index in [9.17, 15) is 4.79 Å². The van der Waals surface area contributed by atoms with Gasteiger partial charge in [-0.25, -0.2) is 0 Å². The van der Waals surface area contributed by atoms with Crippen molar-refractivity contribution >= 4 is 35.8 Å². The van der Waals surface area contributed by atoms with E-state index in [2.05, 4.69) is 15.2 Å². The number of carbonyl (C=O) groups excluding carboxylic acids is 1. The molecule has 1 heterocycles. The molecule has 0 spiro atoms. The van der Waals surface area contributed by atoms with Gasteiger partial charge in [-0.15, -0.1) is 24.0 Å². The number of likely N-dealkylation sites (tertiary alicyclic amines) is 1. The molecule has 0 bridgehead atoms. The zero-order valence-corrected chi connectivity index (χ0v) is 20.4. The Morgan fingerprint density at radius 3 is 2.52 bits per heavy atom. The van der Waals surface area contributed by atoms with E-state index < -0.39 is 0 Å². The normalized spacial score (nSPS) is 13.7. The molecule has 1 aliphatic rings. The van der Waals surface area contributed by atoms with Crippen LogP contribution >= 0.6 is 24.0 Å². The molecular formula is C21H35IN4O3. The predicted molar refractivity (Wildman–Crippen MR) is 128 cm³/mol. The first-order valence-electron chi connectivity index (χ1n) is 10.1. The number of aliphatic imine (C=N–C) groups is 1. The third-order valence-corrected chi connectivity index (χ3v) is 4.93. The van der Waals surface area contributed by atoms with E-state index in [1.165, 1.54) is 5.56 Å². The first-order valence-corrected chi connectivity index (χ1v) is 10.1. The van der Waals surface area contributed by atoms with Crippen molar-refractivity contribution < 1.29 is 14.3 Å². The molecule has 0 aliphatic carbocycles. The maximum Gasteiger partial charge on any atom is 0.224 e. The Hall–Kier alpha value is -1.71. The van der Waals surface area contributed by atoms with Crippen LogP contribution in [0.5, 0.6) is 11.5 Å². The van der Waals surface area contributed by atoms with Gasteiger partial charge in [0.15, 0.2) is 17.5 Å². The molecule has 8 heteroatoms. The van der Waals surface area contributed by atoms with Gasteiger partial charge < -0.3 is 24.6 Å². The van der Waals surface area contributed by atoms with Crippen LogP contribution < -0.4 is 14.8 Å². The molecule has 1 aromatic carbocycles. The fourth-order valence-corrected chi connectivity index (χ4v) is 3.29. The molecule has 1 saturated heterocycles. The Bertz CT molecular complexity index is 663. The average Bonchev–Trinajstić information content (AvgIpc) is 3.26. The Morgan fingerprint density at radius 2 is 1.90 bits per heavy atom. The van der Waals surface area contributed by atoms with E-state index in [1.54, 1.807) is 14.2 Å². The Morgan fingerprint density at radius 1 is 1.21 bits per heavy atom. The van der Waals surface area contributed by atoms with Crippen LogP contribution in [0.25, 0.3) is 0 Å². The second kappa shape index (κ2) is 13.5. The van der Waals surface area contributed by atoms with Crippen molar-refractivity contribution in [1.29, 1.82) is 0 Å². The molecule has 29 heavy (non-hydrogen) atoms. The molecule has 164 valence electrons. The minimum Gasteiger partial charge on any atom is -0.493 e. The lowest BCUT2D eigenvalue weighted by molar-refractivity contribution is -0.129. The predicted octanol–water partition coefficient (Wildman–Crippen LogP) is 2.77. The molecular weight excluding hydrogens is 483 g/mol. The van der Waals surface area contributed by atoms with Crippen LogP contribution in [-0.2, 0) is 11.2 Å². The second-order valence-electron chi connectivity index (χ2n) is 6.93. The molecule has 0 aromatic heterocycles. The van der Waals surface area contributed by atoms with Gasteiger partial charge in [-0.05, 0) is 43.9 Å². The maximum atomic E-state index is 12.2. The van der Waals surface area contributed by atoms with Crippen molar-refractivity contribution in [2.45, 2.75) is 32.6 Å². The lowest BCUT2D eigenvalue weighted by atomic mass is 10.1. The topological polar surface area (TPSA) is 66.4 Å². The van der Waals surface area contributed by atoms with E-state index in [1.807, 2.05) is 37.1 Å². The van der Waals surface area contributed by atoms with Gasteiger partial charge in [0.2, 0.25) is 5.91 Å². The maximum absolute atomic E-state index is 12.2. The first kappa shape index (κ1) is 25.3. The van der Waals surface area contributed by atoms with Gasteiger partial charge in [-0.3, -0.25) is 9.79 Å². The smallest absolute Gasteiger partial charge is 0.224 e. The summed E-state index contributed by atoms with van der Waals surface area (Å²) in [6.07, 6.45) is 3.57. The van der Waals surface area contributed by atoms with Crippen molar-refractivity contribution in [2.24, 2.45) is 4.99 Å². The lowest BCUT2D eigenvalue weighted by Gasteiger charge is -2.22. The molecule has 0 saturated carbocycles. The molecule has 1 aromatic rings. The van der Waals surface area contributed by atoms with Crippen LogP contribution in [0, 0.1) is 0 Å². The van der Waals surface area contributed by atoms with Crippen molar-refractivity contribution in [3.63, 3.8) is 0 Å². The minimum absolute atomic E-state index is 0. The second-order valence-corrected chi connectivity index (χ2v) is 6.93. The van der Waals surface area contributed by atoms with Crippen LogP contribution in [0.15, 0.2) is 23.2 Å². The number of carbonyl (C=O) groups is 1. The Labute approximate surface area is 191 Å². The molecule has 1 fully saturated rings. The van der Waals surface area contributed by atoms with Crippen molar-refractivity contribution in [1.82, 2.24) is 15.1 Å². The summed E-state index contributed by atoms with van der Waals surface area (Å²) in [5.74, 6) is 2.52. The summed E-state index contributed by atoms with van der Waals surface area (Å²) in [5, 5.41) is 3.31. The van der Waals surface area contributed by atoms with Crippen LogP contribution in [0.2, 0.25) is 0 Å². The van der Waals surface area contributed by atoms with Gasteiger partial charge in [0.25, 0.3) is 0 Å². The summed E-state index contributed by atoms with van der Waals surface area (Å²) in [7, 11) is 5.30. The molecule has 7 nitrogen and oxygen atoms in total. The SMILES string of the molecule is CCNC(=NCCC(=O)N1CCCC1)N(C)CCc1ccc(OC)c(OC)c1.I. The lowest BCUT2D eigenvalue weighted by Crippen LogP contribution is -2.40. The molecule has 0 radical (unpaired) electrons. The number of hydrogen-bond donors (Lipinski definition) is 1. The number of guanidine groups is 1. The van der Waals surface area contributed by atoms with Gasteiger partial charge >= 0.3 is 0 Å². The summed E-state index contributed by atoms with van der Waals surface area (Å²) >= 11 is 0. The zero-order valence-electron chi connectivity index (χ0n) is 18.1. The molecule has 0 atom stereocenters. The number of hydrogen-bond acceptors (Lipinski definition) is 4. The number of amides is 1. The Kier molecular flexibility index (Phi) is 11.8. The number of ether oxygens (including phenoxy) is 2. The molecule has 2 rings (SSSR count). The largest absolute Gasteiger partial charge is 0.493 e. The van der Waals surface area contributed by atoms with Crippen LogP contribution in [0.4, 0.5) is 0 Å². The molecule has 1 amide bonds. The number of methoxy groups -OCH3 is 2. The highest BCUT2D eigenvalue weighted by Gasteiger charge is 2.17. The number of nitrogens with zero attached hydrogens (tertiary/aromatic N) is 3. The summed E-state index contributed by atoms with van der Waals surface area (Å²) in [6, 6.07) is 5.98. The van der Waals surface area contributed by atoms with Crippen molar-refractivity contribution in [3.05, 3.63) is 23.8 Å². The molecule has 0 unspecified atom stereocenters. The van der Waals surface area contributed by atoms with Crippen LogP contribution in [0.1, 0.15) is 31.7 Å². The number of benzene rings is 1. The number of nitrogens with one attached hydrogen (secondary N) is 1. The van der Waals surface area contributed by atoms with E-state index in [0.29, 0.717) is 13.0 Å². The van der Waals surface area contributed by atoms with Gasteiger partial charge in [0, 0.05) is 39.6 Å². The van der Waals surface area contributed by atoms with Gasteiger partial charge in [-0.1, -0.05) is 6.07 Å². The van der Waals surface area contributed by atoms with Crippen molar-refractivity contribution in [3.8, 4) is 11.5 Å². The third kappa shape index (κ3) is 7.91. The minimum atomic E-state index is 0. The third-order valence-electron chi connectivity index (χ3n) is 4.93. The highest BCUT2D eigenvalue weighted by atomic mass is 127. The summed E-state index contributed by atoms with van der Waals surface area (Å²) < 4.78 is 10.7. The summed E-state index contributed by atoms with van der Waals surface area (Å²) in [4.78, 5) is 20.9. The average molecular weight is 518 g/mol. The Balaban J connectivity index is 0.00000420. The van der Waals surface area contributed by atoms with E-state index in [4.69, 9.17) is 9.47 Å². The number of likely N-dealkylation sites (N-methyl/N-ethyl adjacent to an activating group) is 1. The monoisotopic (exact) mass is 518 g/mol. The fraction of sp³-hybridized carbons (Fsp3) is 0.619. The highest BCUT2D eigenvalue weighted by molar-refractivity contribution is 14.0. The van der Waals surface area contributed by atoms with Gasteiger partial charge in [-0.2, -0.15) is 0 Å². The number of rotatable bonds is 9. The van der Waals surface area contributed by atoms with E-state index in [0.717, 1.165) is 62.9 Å². The van der Waals surface area contributed by atoms with Gasteiger partial charge in [0.05, 0.1) is 20.8 Å². The first-order chi connectivity index (χ1) is 13.6. The number of halogens is 1. The van der Waals surface area contributed by atoms with Crippen LogP contribution in [-0.4, -0.2) is 75.7 Å². The standard InChI is InChI=1S/C21H34N4O3.HI/c1-5-22-21(23-12-10-20(26)25-13-6-7-14-25)24(2)15-11-17-8-9-18(27-3)19(16-17)28-4;/h8-9,16H,5-7,10-15H2,1-4H3,(H,22,23);1H. The van der Waals surface area contributed by atoms with E-state index >= 15 is 0 Å². The quantitative estimate of drug-likeness (QED) is 0.310. The van der Waals surface area contributed by atoms with E-state index in [-0.39, 0.29) is 29.9 Å². The van der Waals surface area contributed by atoms with Crippen molar-refractivity contribution in [2.75, 3.05) is 54.0 Å². The molecule has 1 N–H and O–H groups in total. The molecule has 1 aliphatic heterocycles. The summed E-state index contributed by atoms with van der Waals surface area (Å²) in [6.45, 7) is 5.95.